The minimum Gasteiger partial charge on any atom is -0.469 e. The SMILES string of the molecule is CN=C(NCCC(=O)OC)NCc1ccc(N2CCCC2=O)cc1. The van der Waals surface area contributed by atoms with Crippen molar-refractivity contribution in [1.82, 2.24) is 10.6 Å². The van der Waals surface area contributed by atoms with E-state index >= 15 is 0 Å². The Labute approximate surface area is 142 Å². The first-order valence-corrected chi connectivity index (χ1v) is 8.04. The third-order valence-electron chi connectivity index (χ3n) is 3.85. The van der Waals surface area contributed by atoms with Crippen LogP contribution in [0.25, 0.3) is 0 Å². The molecule has 2 N–H and O–H groups in total. The summed E-state index contributed by atoms with van der Waals surface area (Å²) in [7, 11) is 3.05. The fourth-order valence-electron chi connectivity index (χ4n) is 2.51. The second kappa shape index (κ2) is 8.90. The molecule has 1 fully saturated rings. The largest absolute Gasteiger partial charge is 0.469 e. The summed E-state index contributed by atoms with van der Waals surface area (Å²) in [5.74, 6) is 0.554. The van der Waals surface area contributed by atoms with Gasteiger partial charge in [-0.25, -0.2) is 0 Å². The number of hydrogen-bond donors (Lipinski definition) is 2. The molecule has 7 nitrogen and oxygen atoms in total. The highest BCUT2D eigenvalue weighted by Gasteiger charge is 2.21. The standard InChI is InChI=1S/C17H24N4O3/c1-18-17(19-10-9-16(23)24-2)20-12-13-5-7-14(8-6-13)21-11-3-4-15(21)22/h5-8H,3-4,9-12H2,1-2H3,(H2,18,19,20). The van der Waals surface area contributed by atoms with Crippen LogP contribution in [0.3, 0.4) is 0 Å². The van der Waals surface area contributed by atoms with Gasteiger partial charge in [-0.15, -0.1) is 0 Å². The highest BCUT2D eigenvalue weighted by Crippen LogP contribution is 2.21. The van der Waals surface area contributed by atoms with Gasteiger partial charge in [-0.2, -0.15) is 0 Å². The average molecular weight is 332 g/mol. The maximum absolute atomic E-state index is 11.7. The van der Waals surface area contributed by atoms with Gasteiger partial charge < -0.3 is 20.3 Å². The molecule has 130 valence electrons. The van der Waals surface area contributed by atoms with Crippen molar-refractivity contribution < 1.29 is 14.3 Å². The summed E-state index contributed by atoms with van der Waals surface area (Å²) < 4.78 is 4.59. The van der Waals surface area contributed by atoms with Gasteiger partial charge in [-0.3, -0.25) is 14.6 Å². The molecule has 0 aliphatic carbocycles. The molecule has 1 aromatic carbocycles. The molecule has 0 atom stereocenters. The number of carbonyl (C=O) groups is 2. The molecule has 0 saturated carbocycles. The second-order valence-electron chi connectivity index (χ2n) is 5.49. The minimum atomic E-state index is -0.259. The molecule has 7 heteroatoms. The molecule has 1 heterocycles. The monoisotopic (exact) mass is 332 g/mol. The van der Waals surface area contributed by atoms with E-state index in [0.29, 0.717) is 25.5 Å². The molecule has 0 radical (unpaired) electrons. The van der Waals surface area contributed by atoms with Crippen LogP contribution in [0.4, 0.5) is 5.69 Å². The molecule has 1 aromatic rings. The Morgan fingerprint density at radius 2 is 2.04 bits per heavy atom. The van der Waals surface area contributed by atoms with Gasteiger partial charge in [0.25, 0.3) is 0 Å². The van der Waals surface area contributed by atoms with E-state index < -0.39 is 0 Å². The van der Waals surface area contributed by atoms with Crippen LogP contribution >= 0.6 is 0 Å². The van der Waals surface area contributed by atoms with Crippen molar-refractivity contribution in [2.24, 2.45) is 4.99 Å². The minimum absolute atomic E-state index is 0.191. The Hall–Kier alpha value is -2.57. The Kier molecular flexibility index (Phi) is 6.60. The maximum atomic E-state index is 11.7. The molecule has 0 bridgehead atoms. The number of hydrogen-bond acceptors (Lipinski definition) is 4. The quantitative estimate of drug-likeness (QED) is 0.462. The number of carbonyl (C=O) groups excluding carboxylic acids is 2. The maximum Gasteiger partial charge on any atom is 0.307 e. The van der Waals surface area contributed by atoms with E-state index in [-0.39, 0.29) is 18.3 Å². The third kappa shape index (κ3) is 4.97. The predicted molar refractivity (Wildman–Crippen MR) is 92.9 cm³/mol. The van der Waals surface area contributed by atoms with Gasteiger partial charge in [0.1, 0.15) is 0 Å². The van der Waals surface area contributed by atoms with E-state index in [2.05, 4.69) is 20.4 Å². The van der Waals surface area contributed by atoms with E-state index in [4.69, 9.17) is 0 Å². The van der Waals surface area contributed by atoms with Gasteiger partial charge >= 0.3 is 5.97 Å². The number of anilines is 1. The lowest BCUT2D eigenvalue weighted by atomic mass is 10.2. The number of ether oxygens (including phenoxy) is 1. The highest BCUT2D eigenvalue weighted by molar-refractivity contribution is 5.95. The Bertz CT molecular complexity index is 598. The summed E-state index contributed by atoms with van der Waals surface area (Å²) >= 11 is 0. The van der Waals surface area contributed by atoms with Crippen molar-refractivity contribution in [3.8, 4) is 0 Å². The normalized spacial score (nSPS) is 14.7. The Balaban J connectivity index is 1.80. The van der Waals surface area contributed by atoms with Crippen molar-refractivity contribution in [2.75, 3.05) is 32.1 Å². The first-order chi connectivity index (χ1) is 11.6. The number of nitrogens with one attached hydrogen (secondary N) is 2. The zero-order valence-electron chi connectivity index (χ0n) is 14.2. The van der Waals surface area contributed by atoms with Crippen LogP contribution in [0.15, 0.2) is 29.3 Å². The molecule has 0 aromatic heterocycles. The van der Waals surface area contributed by atoms with Gasteiger partial charge in [0.15, 0.2) is 5.96 Å². The van der Waals surface area contributed by atoms with E-state index in [9.17, 15) is 9.59 Å². The fraction of sp³-hybridized carbons (Fsp3) is 0.471. The Morgan fingerprint density at radius 1 is 1.29 bits per heavy atom. The van der Waals surface area contributed by atoms with Gasteiger partial charge in [-0.05, 0) is 24.1 Å². The lowest BCUT2D eigenvalue weighted by Crippen LogP contribution is -2.37. The molecule has 2 rings (SSSR count). The molecule has 1 aliphatic heterocycles. The van der Waals surface area contributed by atoms with Crippen LogP contribution in [0, 0.1) is 0 Å². The summed E-state index contributed by atoms with van der Waals surface area (Å²) in [6, 6.07) is 7.92. The van der Waals surface area contributed by atoms with E-state index in [1.54, 1.807) is 7.05 Å². The highest BCUT2D eigenvalue weighted by atomic mass is 16.5. The molecule has 1 saturated heterocycles. The van der Waals surface area contributed by atoms with E-state index in [1.807, 2.05) is 29.2 Å². The van der Waals surface area contributed by atoms with Crippen LogP contribution in [-0.4, -0.2) is 45.1 Å². The predicted octanol–water partition coefficient (Wildman–Crippen LogP) is 1.04. The summed E-state index contributed by atoms with van der Waals surface area (Å²) in [5.41, 5.74) is 2.03. The van der Waals surface area contributed by atoms with Crippen molar-refractivity contribution in [2.45, 2.75) is 25.8 Å². The number of guanidine groups is 1. The van der Waals surface area contributed by atoms with Gasteiger partial charge in [-0.1, -0.05) is 12.1 Å². The third-order valence-corrected chi connectivity index (χ3v) is 3.85. The smallest absolute Gasteiger partial charge is 0.307 e. The Morgan fingerprint density at radius 3 is 2.62 bits per heavy atom. The molecule has 1 aliphatic rings. The number of nitrogens with zero attached hydrogens (tertiary/aromatic N) is 2. The molecule has 1 amide bonds. The van der Waals surface area contributed by atoms with E-state index in [1.165, 1.54) is 7.11 Å². The topological polar surface area (TPSA) is 83.0 Å². The summed E-state index contributed by atoms with van der Waals surface area (Å²) in [6.07, 6.45) is 1.85. The second-order valence-corrected chi connectivity index (χ2v) is 5.49. The van der Waals surface area contributed by atoms with Crippen molar-refractivity contribution in [1.29, 1.82) is 0 Å². The van der Waals surface area contributed by atoms with Crippen LogP contribution in [-0.2, 0) is 20.9 Å². The number of rotatable bonds is 6. The number of amides is 1. The van der Waals surface area contributed by atoms with E-state index in [0.717, 1.165) is 24.2 Å². The van der Waals surface area contributed by atoms with Crippen LogP contribution < -0.4 is 15.5 Å². The summed E-state index contributed by atoms with van der Waals surface area (Å²) in [4.78, 5) is 28.7. The van der Waals surface area contributed by atoms with Crippen LogP contribution in [0.5, 0.6) is 0 Å². The zero-order valence-corrected chi connectivity index (χ0v) is 14.2. The molecular weight excluding hydrogens is 308 g/mol. The molecule has 0 unspecified atom stereocenters. The average Bonchev–Trinajstić information content (AvgIpc) is 3.04. The number of aliphatic imine (C=N–C) groups is 1. The lowest BCUT2D eigenvalue weighted by molar-refractivity contribution is -0.140. The van der Waals surface area contributed by atoms with Crippen molar-refractivity contribution in [3.05, 3.63) is 29.8 Å². The zero-order chi connectivity index (χ0) is 17.4. The van der Waals surface area contributed by atoms with Crippen molar-refractivity contribution >= 4 is 23.5 Å². The van der Waals surface area contributed by atoms with Crippen molar-refractivity contribution in [3.63, 3.8) is 0 Å². The van der Waals surface area contributed by atoms with Gasteiger partial charge in [0, 0.05) is 38.8 Å². The van der Waals surface area contributed by atoms with Crippen LogP contribution in [0.1, 0.15) is 24.8 Å². The molecular formula is C17H24N4O3. The first-order valence-electron chi connectivity index (χ1n) is 8.04. The van der Waals surface area contributed by atoms with Crippen LogP contribution in [0.2, 0.25) is 0 Å². The number of methoxy groups -OCH3 is 1. The number of esters is 1. The summed E-state index contributed by atoms with van der Waals surface area (Å²) in [5, 5.41) is 6.23. The number of benzene rings is 1. The molecule has 0 spiro atoms. The van der Waals surface area contributed by atoms with Gasteiger partial charge in [0.2, 0.25) is 5.91 Å². The fourth-order valence-corrected chi connectivity index (χ4v) is 2.51. The lowest BCUT2D eigenvalue weighted by Gasteiger charge is -2.16. The first kappa shape index (κ1) is 17.8. The molecule has 24 heavy (non-hydrogen) atoms. The van der Waals surface area contributed by atoms with Gasteiger partial charge in [0.05, 0.1) is 13.5 Å². The summed E-state index contributed by atoms with van der Waals surface area (Å²) in [6.45, 7) is 1.86.